The van der Waals surface area contributed by atoms with Crippen LogP contribution in [0.4, 0.5) is 4.39 Å². The lowest BCUT2D eigenvalue weighted by Crippen LogP contribution is -2.02. The van der Waals surface area contributed by atoms with Gasteiger partial charge in [0.1, 0.15) is 5.82 Å². The predicted octanol–water partition coefficient (Wildman–Crippen LogP) is 2.80. The maximum Gasteiger partial charge on any atom is 0.141 e. The molecule has 0 fully saturated rings. The van der Waals surface area contributed by atoms with E-state index in [4.69, 9.17) is 11.6 Å². The van der Waals surface area contributed by atoms with Gasteiger partial charge in [-0.2, -0.15) is 5.10 Å². The average molecular weight is 269 g/mol. The second-order valence-electron chi connectivity index (χ2n) is 4.31. The van der Waals surface area contributed by atoms with Crippen molar-refractivity contribution in [2.75, 3.05) is 0 Å². The maximum atomic E-state index is 13.0. The highest BCUT2D eigenvalue weighted by molar-refractivity contribution is 6.30. The number of halogens is 2. The second-order valence-corrected chi connectivity index (χ2v) is 4.72. The zero-order valence-electron chi connectivity index (χ0n) is 10.2. The number of aliphatic hydroxyl groups is 1. The Hall–Kier alpha value is -1.39. The molecule has 1 N–H and O–H groups in total. The largest absolute Gasteiger partial charge is 0.388 e. The first kappa shape index (κ1) is 13.1. The first-order valence-corrected chi connectivity index (χ1v) is 5.97. The number of hydrogen-bond donors (Lipinski definition) is 1. The summed E-state index contributed by atoms with van der Waals surface area (Å²) in [4.78, 5) is 0. The third-order valence-electron chi connectivity index (χ3n) is 2.82. The number of aryl methyl sites for hydroxylation is 2. The minimum atomic E-state index is -0.666. The lowest BCUT2D eigenvalue weighted by molar-refractivity contribution is 0.177. The summed E-state index contributed by atoms with van der Waals surface area (Å²) in [5.74, 6) is -0.451. The number of rotatable bonds is 3. The van der Waals surface area contributed by atoms with Gasteiger partial charge in [0.2, 0.25) is 0 Å². The fourth-order valence-electron chi connectivity index (χ4n) is 1.94. The molecular weight excluding hydrogens is 255 g/mol. The van der Waals surface area contributed by atoms with E-state index in [0.717, 1.165) is 16.8 Å². The number of aromatic nitrogens is 2. The van der Waals surface area contributed by atoms with Crippen LogP contribution in [0.3, 0.4) is 0 Å². The van der Waals surface area contributed by atoms with E-state index < -0.39 is 11.9 Å². The van der Waals surface area contributed by atoms with Gasteiger partial charge in [-0.3, -0.25) is 4.68 Å². The Balaban J connectivity index is 2.18. The van der Waals surface area contributed by atoms with Crippen LogP contribution < -0.4 is 0 Å². The molecule has 2 rings (SSSR count). The van der Waals surface area contributed by atoms with E-state index in [1.54, 1.807) is 24.0 Å². The summed E-state index contributed by atoms with van der Waals surface area (Å²) in [5.41, 5.74) is 2.35. The van der Waals surface area contributed by atoms with Crippen LogP contribution >= 0.6 is 11.6 Å². The Morgan fingerprint density at radius 1 is 1.50 bits per heavy atom. The fraction of sp³-hybridized carbons (Fsp3) is 0.308. The third-order valence-corrected chi connectivity index (χ3v) is 3.11. The quantitative estimate of drug-likeness (QED) is 0.930. The molecule has 1 unspecified atom stereocenters. The molecule has 0 amide bonds. The fourth-order valence-corrected chi connectivity index (χ4v) is 2.15. The van der Waals surface area contributed by atoms with E-state index in [9.17, 15) is 9.50 Å². The van der Waals surface area contributed by atoms with E-state index in [0.29, 0.717) is 6.42 Å². The molecule has 1 aromatic carbocycles. The van der Waals surface area contributed by atoms with Crippen LogP contribution in [0.2, 0.25) is 5.02 Å². The van der Waals surface area contributed by atoms with Gasteiger partial charge < -0.3 is 5.11 Å². The SMILES string of the molecule is Cc1nn(C)cc1C(O)Cc1ccc(F)c(Cl)c1. The van der Waals surface area contributed by atoms with Crippen molar-refractivity contribution in [3.05, 3.63) is 52.1 Å². The van der Waals surface area contributed by atoms with Crippen molar-refractivity contribution in [2.24, 2.45) is 7.05 Å². The minimum Gasteiger partial charge on any atom is -0.388 e. The molecule has 1 heterocycles. The molecule has 3 nitrogen and oxygen atoms in total. The van der Waals surface area contributed by atoms with Crippen LogP contribution in [0.5, 0.6) is 0 Å². The van der Waals surface area contributed by atoms with E-state index >= 15 is 0 Å². The van der Waals surface area contributed by atoms with E-state index in [1.807, 2.05) is 6.92 Å². The summed E-state index contributed by atoms with van der Waals surface area (Å²) in [6.45, 7) is 1.84. The summed E-state index contributed by atoms with van der Waals surface area (Å²) in [5, 5.41) is 14.4. The van der Waals surface area contributed by atoms with Gasteiger partial charge in [0.05, 0.1) is 16.8 Å². The van der Waals surface area contributed by atoms with Crippen molar-refractivity contribution in [1.29, 1.82) is 0 Å². The van der Waals surface area contributed by atoms with Gasteiger partial charge in [0, 0.05) is 25.2 Å². The van der Waals surface area contributed by atoms with Crippen molar-refractivity contribution >= 4 is 11.6 Å². The third kappa shape index (κ3) is 2.71. The molecule has 0 saturated carbocycles. The predicted molar refractivity (Wildman–Crippen MR) is 68.0 cm³/mol. The smallest absolute Gasteiger partial charge is 0.141 e. The highest BCUT2D eigenvalue weighted by Crippen LogP contribution is 2.23. The van der Waals surface area contributed by atoms with Crippen molar-refractivity contribution in [3.63, 3.8) is 0 Å². The zero-order chi connectivity index (χ0) is 13.3. The average Bonchev–Trinajstić information content (AvgIpc) is 2.63. The highest BCUT2D eigenvalue weighted by Gasteiger charge is 2.14. The monoisotopic (exact) mass is 268 g/mol. The maximum absolute atomic E-state index is 13.0. The standard InChI is InChI=1S/C13H14ClFN2O/c1-8-10(7-17(2)16-8)13(18)6-9-3-4-12(15)11(14)5-9/h3-5,7,13,18H,6H2,1-2H3. The number of nitrogens with zero attached hydrogens (tertiary/aromatic N) is 2. The van der Waals surface area contributed by atoms with Crippen LogP contribution in [-0.4, -0.2) is 14.9 Å². The molecule has 0 radical (unpaired) electrons. The molecule has 0 saturated heterocycles. The molecule has 1 atom stereocenters. The van der Waals surface area contributed by atoms with Gasteiger partial charge in [0.25, 0.3) is 0 Å². The molecule has 0 aliphatic heterocycles. The Labute approximate surface area is 110 Å². The lowest BCUT2D eigenvalue weighted by atomic mass is 10.0. The number of aliphatic hydroxyl groups excluding tert-OH is 1. The van der Waals surface area contributed by atoms with Gasteiger partial charge in [-0.05, 0) is 24.6 Å². The first-order chi connectivity index (χ1) is 8.47. The molecule has 0 aliphatic rings. The van der Waals surface area contributed by atoms with Crippen LogP contribution in [-0.2, 0) is 13.5 Å². The van der Waals surface area contributed by atoms with Gasteiger partial charge >= 0.3 is 0 Å². The normalized spacial score (nSPS) is 12.7. The Morgan fingerprint density at radius 3 is 2.78 bits per heavy atom. The van der Waals surface area contributed by atoms with Gasteiger partial charge in [0.15, 0.2) is 0 Å². The summed E-state index contributed by atoms with van der Waals surface area (Å²) in [6, 6.07) is 4.46. The minimum absolute atomic E-state index is 0.0719. The highest BCUT2D eigenvalue weighted by atomic mass is 35.5. The summed E-state index contributed by atoms with van der Waals surface area (Å²) >= 11 is 5.71. The molecule has 96 valence electrons. The first-order valence-electron chi connectivity index (χ1n) is 5.59. The Kier molecular flexibility index (Phi) is 3.68. The number of benzene rings is 1. The molecule has 18 heavy (non-hydrogen) atoms. The van der Waals surface area contributed by atoms with Crippen molar-refractivity contribution in [2.45, 2.75) is 19.4 Å². The molecule has 2 aromatic rings. The second kappa shape index (κ2) is 5.08. The summed E-state index contributed by atoms with van der Waals surface area (Å²) < 4.78 is 14.7. The van der Waals surface area contributed by atoms with Gasteiger partial charge in [-0.15, -0.1) is 0 Å². The number of hydrogen-bond acceptors (Lipinski definition) is 2. The molecule has 1 aromatic heterocycles. The summed E-state index contributed by atoms with van der Waals surface area (Å²) in [7, 11) is 1.80. The molecular formula is C13H14ClFN2O. The molecule has 0 aliphatic carbocycles. The molecule has 5 heteroatoms. The van der Waals surface area contributed by atoms with Crippen LogP contribution in [0.15, 0.2) is 24.4 Å². The van der Waals surface area contributed by atoms with Crippen molar-refractivity contribution in [1.82, 2.24) is 9.78 Å². The summed E-state index contributed by atoms with van der Waals surface area (Å²) in [6.07, 6.45) is 1.50. The van der Waals surface area contributed by atoms with Crippen LogP contribution in [0.1, 0.15) is 22.9 Å². The van der Waals surface area contributed by atoms with Crippen LogP contribution in [0, 0.1) is 12.7 Å². The van der Waals surface area contributed by atoms with Crippen molar-refractivity contribution < 1.29 is 9.50 Å². The van der Waals surface area contributed by atoms with E-state index in [2.05, 4.69) is 5.10 Å². The van der Waals surface area contributed by atoms with Gasteiger partial charge in [-0.1, -0.05) is 17.7 Å². The van der Waals surface area contributed by atoms with Crippen LogP contribution in [0.25, 0.3) is 0 Å². The Morgan fingerprint density at radius 2 is 2.22 bits per heavy atom. The lowest BCUT2D eigenvalue weighted by Gasteiger charge is -2.10. The van der Waals surface area contributed by atoms with Gasteiger partial charge in [-0.25, -0.2) is 4.39 Å². The Bertz CT molecular complexity index is 568. The van der Waals surface area contributed by atoms with E-state index in [1.165, 1.54) is 12.1 Å². The topological polar surface area (TPSA) is 38.0 Å². The zero-order valence-corrected chi connectivity index (χ0v) is 10.9. The molecule has 0 spiro atoms. The van der Waals surface area contributed by atoms with E-state index in [-0.39, 0.29) is 5.02 Å². The van der Waals surface area contributed by atoms with Crippen molar-refractivity contribution in [3.8, 4) is 0 Å². The molecule has 0 bridgehead atoms.